The van der Waals surface area contributed by atoms with E-state index in [2.05, 4.69) is 9.97 Å². The number of hydrogen-bond acceptors (Lipinski definition) is 4. The number of nitrogen functional groups attached to an aromatic ring is 1. The van der Waals surface area contributed by atoms with Gasteiger partial charge in [0.2, 0.25) is 0 Å². The van der Waals surface area contributed by atoms with Gasteiger partial charge < -0.3 is 15.0 Å². The molecule has 0 aliphatic heterocycles. The number of benzene rings is 1. The first-order chi connectivity index (χ1) is 9.20. The highest BCUT2D eigenvalue weighted by Crippen LogP contribution is 2.30. The van der Waals surface area contributed by atoms with Crippen molar-refractivity contribution in [2.75, 3.05) is 12.8 Å². The average molecular weight is 254 g/mol. The van der Waals surface area contributed by atoms with Crippen molar-refractivity contribution in [3.05, 3.63) is 36.5 Å². The second-order valence-corrected chi connectivity index (χ2v) is 4.29. The van der Waals surface area contributed by atoms with E-state index in [4.69, 9.17) is 10.5 Å². The number of rotatable bonds is 2. The number of ether oxygens (including phenoxy) is 1. The van der Waals surface area contributed by atoms with Crippen LogP contribution in [0.4, 0.5) is 5.69 Å². The second kappa shape index (κ2) is 4.28. The van der Waals surface area contributed by atoms with Gasteiger partial charge in [-0.05, 0) is 30.3 Å². The molecule has 0 fully saturated rings. The van der Waals surface area contributed by atoms with Crippen LogP contribution < -0.4 is 10.5 Å². The molecule has 96 valence electrons. The molecule has 0 aliphatic rings. The molecule has 1 aromatic carbocycles. The van der Waals surface area contributed by atoms with Crippen molar-refractivity contribution in [3.63, 3.8) is 0 Å². The summed E-state index contributed by atoms with van der Waals surface area (Å²) in [4.78, 5) is 8.91. The lowest BCUT2D eigenvalue weighted by Gasteiger charge is -2.08. The van der Waals surface area contributed by atoms with Gasteiger partial charge in [0, 0.05) is 24.5 Å². The third kappa shape index (κ3) is 1.79. The number of anilines is 1. The molecule has 0 unspecified atom stereocenters. The van der Waals surface area contributed by atoms with E-state index in [0.717, 1.165) is 28.3 Å². The topological polar surface area (TPSA) is 66.0 Å². The molecule has 19 heavy (non-hydrogen) atoms. The highest BCUT2D eigenvalue weighted by molar-refractivity contribution is 5.81. The van der Waals surface area contributed by atoms with Gasteiger partial charge in [0.15, 0.2) is 5.65 Å². The van der Waals surface area contributed by atoms with Crippen LogP contribution in [0, 0.1) is 0 Å². The van der Waals surface area contributed by atoms with Crippen LogP contribution in [0.1, 0.15) is 0 Å². The lowest BCUT2D eigenvalue weighted by Crippen LogP contribution is -1.98. The molecule has 2 aromatic heterocycles. The molecule has 0 aliphatic carbocycles. The zero-order valence-corrected chi connectivity index (χ0v) is 10.8. The van der Waals surface area contributed by atoms with Crippen LogP contribution in [0.3, 0.4) is 0 Å². The van der Waals surface area contributed by atoms with Gasteiger partial charge in [-0.15, -0.1) is 0 Å². The van der Waals surface area contributed by atoms with E-state index < -0.39 is 0 Å². The minimum absolute atomic E-state index is 0.666. The molecule has 0 amide bonds. The zero-order valence-electron chi connectivity index (χ0n) is 10.8. The molecule has 5 heteroatoms. The van der Waals surface area contributed by atoms with Crippen molar-refractivity contribution >= 4 is 16.9 Å². The SMILES string of the molecule is COc1ccc(N)c(-c2nc3cccnc3n2C)c1. The Kier molecular flexibility index (Phi) is 2.59. The van der Waals surface area contributed by atoms with Gasteiger partial charge in [0.25, 0.3) is 0 Å². The fraction of sp³-hybridized carbons (Fsp3) is 0.143. The fourth-order valence-electron chi connectivity index (χ4n) is 2.12. The summed E-state index contributed by atoms with van der Waals surface area (Å²) >= 11 is 0. The van der Waals surface area contributed by atoms with Crippen LogP contribution >= 0.6 is 0 Å². The molecule has 3 aromatic rings. The first kappa shape index (κ1) is 11.5. The maximum Gasteiger partial charge on any atom is 0.159 e. The van der Waals surface area contributed by atoms with Crippen LogP contribution in [0.25, 0.3) is 22.6 Å². The van der Waals surface area contributed by atoms with Gasteiger partial charge in [-0.1, -0.05) is 0 Å². The number of nitrogens with zero attached hydrogens (tertiary/aromatic N) is 3. The van der Waals surface area contributed by atoms with E-state index in [1.165, 1.54) is 0 Å². The number of aryl methyl sites for hydroxylation is 1. The summed E-state index contributed by atoms with van der Waals surface area (Å²) in [6.07, 6.45) is 1.75. The fourth-order valence-corrected chi connectivity index (χ4v) is 2.12. The minimum Gasteiger partial charge on any atom is -0.497 e. The third-order valence-electron chi connectivity index (χ3n) is 3.13. The Labute approximate surface area is 110 Å². The van der Waals surface area contributed by atoms with Crippen molar-refractivity contribution < 1.29 is 4.74 Å². The first-order valence-electron chi connectivity index (χ1n) is 5.92. The minimum atomic E-state index is 0.666. The summed E-state index contributed by atoms with van der Waals surface area (Å²) in [5, 5.41) is 0. The molecule has 3 rings (SSSR count). The zero-order chi connectivity index (χ0) is 13.4. The molecular formula is C14H14N4O. The molecule has 5 nitrogen and oxygen atoms in total. The Balaban J connectivity index is 2.27. The van der Waals surface area contributed by atoms with Crippen molar-refractivity contribution in [1.29, 1.82) is 0 Å². The number of methoxy groups -OCH3 is 1. The lowest BCUT2D eigenvalue weighted by molar-refractivity contribution is 0.415. The molecule has 0 atom stereocenters. The quantitative estimate of drug-likeness (QED) is 0.712. The molecule has 0 saturated heterocycles. The molecular weight excluding hydrogens is 240 g/mol. The summed E-state index contributed by atoms with van der Waals surface area (Å²) in [5.41, 5.74) is 9.23. The summed E-state index contributed by atoms with van der Waals surface area (Å²) in [6, 6.07) is 9.34. The highest BCUT2D eigenvalue weighted by atomic mass is 16.5. The Morgan fingerprint density at radius 3 is 2.84 bits per heavy atom. The van der Waals surface area contributed by atoms with Crippen LogP contribution in [-0.4, -0.2) is 21.6 Å². The second-order valence-electron chi connectivity index (χ2n) is 4.29. The lowest BCUT2D eigenvalue weighted by atomic mass is 10.1. The summed E-state index contributed by atoms with van der Waals surface area (Å²) in [7, 11) is 3.56. The van der Waals surface area contributed by atoms with Gasteiger partial charge in [-0.3, -0.25) is 0 Å². The largest absolute Gasteiger partial charge is 0.497 e. The molecule has 0 spiro atoms. The van der Waals surface area contributed by atoms with Gasteiger partial charge in [-0.25, -0.2) is 9.97 Å². The van der Waals surface area contributed by atoms with E-state index in [1.807, 2.05) is 41.9 Å². The molecule has 2 N–H and O–H groups in total. The van der Waals surface area contributed by atoms with Gasteiger partial charge in [-0.2, -0.15) is 0 Å². The number of aromatic nitrogens is 3. The maximum absolute atomic E-state index is 6.04. The van der Waals surface area contributed by atoms with Crippen molar-refractivity contribution in [2.45, 2.75) is 0 Å². The molecule has 2 heterocycles. The van der Waals surface area contributed by atoms with Crippen LogP contribution in [0.5, 0.6) is 5.75 Å². The number of pyridine rings is 1. The Morgan fingerprint density at radius 2 is 2.11 bits per heavy atom. The third-order valence-corrected chi connectivity index (χ3v) is 3.13. The Hall–Kier alpha value is -2.56. The number of fused-ring (bicyclic) bond motifs is 1. The normalized spacial score (nSPS) is 10.8. The van der Waals surface area contributed by atoms with Gasteiger partial charge in [0.05, 0.1) is 7.11 Å². The van der Waals surface area contributed by atoms with Crippen LogP contribution in [0.15, 0.2) is 36.5 Å². The van der Waals surface area contributed by atoms with Crippen molar-refractivity contribution in [3.8, 4) is 17.1 Å². The van der Waals surface area contributed by atoms with Crippen molar-refractivity contribution in [1.82, 2.24) is 14.5 Å². The van der Waals surface area contributed by atoms with E-state index >= 15 is 0 Å². The van der Waals surface area contributed by atoms with Gasteiger partial charge in [0.1, 0.15) is 17.1 Å². The van der Waals surface area contributed by atoms with Crippen LogP contribution in [-0.2, 0) is 7.05 Å². The monoisotopic (exact) mass is 254 g/mol. The number of nitrogens with two attached hydrogens (primary N) is 1. The number of hydrogen-bond donors (Lipinski definition) is 1. The Bertz CT molecular complexity index is 748. The predicted molar refractivity (Wildman–Crippen MR) is 74.9 cm³/mol. The molecule has 0 saturated carbocycles. The van der Waals surface area contributed by atoms with Crippen LogP contribution in [0.2, 0.25) is 0 Å². The molecule has 0 bridgehead atoms. The number of imidazole rings is 1. The average Bonchev–Trinajstić information content (AvgIpc) is 2.77. The predicted octanol–water partition coefficient (Wildman–Crippen LogP) is 2.23. The van der Waals surface area contributed by atoms with E-state index in [-0.39, 0.29) is 0 Å². The maximum atomic E-state index is 6.04. The van der Waals surface area contributed by atoms with E-state index in [9.17, 15) is 0 Å². The molecule has 0 radical (unpaired) electrons. The summed E-state index contributed by atoms with van der Waals surface area (Å²) in [5.74, 6) is 1.54. The van der Waals surface area contributed by atoms with E-state index in [1.54, 1.807) is 13.3 Å². The summed E-state index contributed by atoms with van der Waals surface area (Å²) < 4.78 is 7.17. The highest BCUT2D eigenvalue weighted by Gasteiger charge is 2.13. The van der Waals surface area contributed by atoms with Gasteiger partial charge >= 0.3 is 0 Å². The smallest absolute Gasteiger partial charge is 0.159 e. The first-order valence-corrected chi connectivity index (χ1v) is 5.92. The standard InChI is InChI=1S/C14H14N4O/c1-18-13(17-12-4-3-7-16-14(12)18)10-8-9(19-2)5-6-11(10)15/h3-8H,15H2,1-2H3. The van der Waals surface area contributed by atoms with Crippen molar-refractivity contribution in [2.24, 2.45) is 7.05 Å². The summed E-state index contributed by atoms with van der Waals surface area (Å²) in [6.45, 7) is 0. The Morgan fingerprint density at radius 1 is 1.26 bits per heavy atom. The van der Waals surface area contributed by atoms with E-state index in [0.29, 0.717) is 5.69 Å².